The molecule has 0 radical (unpaired) electrons. The maximum atomic E-state index is 11.9. The molecule has 2 saturated heterocycles. The van der Waals surface area contributed by atoms with Crippen molar-refractivity contribution in [3.63, 3.8) is 0 Å². The van der Waals surface area contributed by atoms with E-state index in [1.165, 1.54) is 0 Å². The Kier molecular flexibility index (Phi) is 3.31. The summed E-state index contributed by atoms with van der Waals surface area (Å²) in [7, 11) is -2.97. The zero-order valence-electron chi connectivity index (χ0n) is 11.0. The Labute approximate surface area is 108 Å². The molecule has 2 bridgehead atoms. The van der Waals surface area contributed by atoms with Gasteiger partial charge in [0, 0.05) is 25.2 Å². The lowest BCUT2D eigenvalue weighted by molar-refractivity contribution is 0.0164. The van der Waals surface area contributed by atoms with Crippen LogP contribution >= 0.6 is 0 Å². The van der Waals surface area contributed by atoms with Crippen LogP contribution in [0, 0.1) is 0 Å². The van der Waals surface area contributed by atoms with E-state index in [9.17, 15) is 13.2 Å². The number of piperazine rings is 1. The molecule has 1 N–H and O–H groups in total. The SMILES string of the molecule is CC(C)(C)OC(=O)N1CC2CS(=O)(=O)CC(C1)N2. The average Bonchev–Trinajstić information content (AvgIpc) is 2.10. The van der Waals surface area contributed by atoms with E-state index in [2.05, 4.69) is 5.32 Å². The molecule has 2 aliphatic heterocycles. The van der Waals surface area contributed by atoms with Crippen molar-refractivity contribution in [1.82, 2.24) is 10.2 Å². The number of fused-ring (bicyclic) bond motifs is 2. The molecule has 6 nitrogen and oxygen atoms in total. The molecule has 0 aromatic carbocycles. The third-order valence-corrected chi connectivity index (χ3v) is 4.74. The highest BCUT2D eigenvalue weighted by atomic mass is 32.2. The number of nitrogens with zero attached hydrogens (tertiary/aromatic N) is 1. The summed E-state index contributed by atoms with van der Waals surface area (Å²) >= 11 is 0. The topological polar surface area (TPSA) is 75.7 Å². The minimum Gasteiger partial charge on any atom is -0.444 e. The number of rotatable bonds is 0. The molecule has 1 amide bonds. The highest BCUT2D eigenvalue weighted by Crippen LogP contribution is 2.17. The average molecular weight is 276 g/mol. The highest BCUT2D eigenvalue weighted by Gasteiger charge is 2.39. The summed E-state index contributed by atoms with van der Waals surface area (Å²) in [5.41, 5.74) is -0.525. The molecule has 18 heavy (non-hydrogen) atoms. The Balaban J connectivity index is 2.01. The van der Waals surface area contributed by atoms with E-state index in [4.69, 9.17) is 4.74 Å². The summed E-state index contributed by atoms with van der Waals surface area (Å²) in [6.45, 7) is 6.24. The molecule has 0 aromatic heterocycles. The van der Waals surface area contributed by atoms with Gasteiger partial charge < -0.3 is 15.0 Å². The van der Waals surface area contributed by atoms with Crippen LogP contribution in [0.3, 0.4) is 0 Å². The highest BCUT2D eigenvalue weighted by molar-refractivity contribution is 7.91. The maximum absolute atomic E-state index is 11.9. The molecule has 7 heteroatoms. The van der Waals surface area contributed by atoms with Crippen LogP contribution in [-0.2, 0) is 14.6 Å². The summed E-state index contributed by atoms with van der Waals surface area (Å²) in [5.74, 6) is 0.200. The zero-order valence-corrected chi connectivity index (χ0v) is 11.8. The van der Waals surface area contributed by atoms with Gasteiger partial charge in [-0.2, -0.15) is 0 Å². The molecule has 2 heterocycles. The van der Waals surface area contributed by atoms with E-state index in [0.29, 0.717) is 13.1 Å². The first-order valence-electron chi connectivity index (χ1n) is 6.09. The van der Waals surface area contributed by atoms with Gasteiger partial charge in [0.15, 0.2) is 9.84 Å². The van der Waals surface area contributed by atoms with Crippen molar-refractivity contribution in [2.75, 3.05) is 24.6 Å². The molecule has 0 saturated carbocycles. The third-order valence-electron chi connectivity index (χ3n) is 2.91. The summed E-state index contributed by atoms with van der Waals surface area (Å²) < 4.78 is 28.5. The Hall–Kier alpha value is -0.820. The molecule has 2 unspecified atom stereocenters. The standard InChI is InChI=1S/C11H20N2O4S/c1-11(2,3)17-10(14)13-4-8-6-18(15,16)7-9(5-13)12-8/h8-9,12H,4-7H2,1-3H3. The Morgan fingerprint density at radius 3 is 2.17 bits per heavy atom. The quantitative estimate of drug-likeness (QED) is 0.673. The van der Waals surface area contributed by atoms with Crippen LogP contribution in [0.2, 0.25) is 0 Å². The van der Waals surface area contributed by atoms with Crippen LogP contribution in [0.4, 0.5) is 4.79 Å². The summed E-state index contributed by atoms with van der Waals surface area (Å²) in [5, 5.41) is 3.23. The largest absolute Gasteiger partial charge is 0.444 e. The van der Waals surface area contributed by atoms with Gasteiger partial charge >= 0.3 is 6.09 Å². The third kappa shape index (κ3) is 3.35. The van der Waals surface area contributed by atoms with Gasteiger partial charge in [0.05, 0.1) is 11.5 Å². The maximum Gasteiger partial charge on any atom is 0.410 e. The van der Waals surface area contributed by atoms with Gasteiger partial charge in [-0.15, -0.1) is 0 Å². The van der Waals surface area contributed by atoms with Crippen molar-refractivity contribution in [2.24, 2.45) is 0 Å². The van der Waals surface area contributed by atoms with E-state index in [1.54, 1.807) is 4.90 Å². The number of nitrogens with one attached hydrogen (secondary N) is 1. The van der Waals surface area contributed by atoms with E-state index >= 15 is 0 Å². The Morgan fingerprint density at radius 1 is 1.22 bits per heavy atom. The van der Waals surface area contributed by atoms with Gasteiger partial charge in [0.1, 0.15) is 5.60 Å². The number of ether oxygens (including phenoxy) is 1. The predicted molar refractivity (Wildman–Crippen MR) is 67.2 cm³/mol. The number of carbonyl (C=O) groups excluding carboxylic acids is 1. The van der Waals surface area contributed by atoms with Crippen molar-refractivity contribution in [1.29, 1.82) is 0 Å². The monoisotopic (exact) mass is 276 g/mol. The van der Waals surface area contributed by atoms with E-state index in [-0.39, 0.29) is 29.7 Å². The second-order valence-electron chi connectivity index (χ2n) is 6.02. The molecule has 0 aliphatic carbocycles. The molecular formula is C11H20N2O4S. The van der Waals surface area contributed by atoms with Crippen LogP contribution in [0.25, 0.3) is 0 Å². The molecule has 2 aliphatic rings. The first-order chi connectivity index (χ1) is 8.15. The van der Waals surface area contributed by atoms with Crippen LogP contribution < -0.4 is 5.32 Å². The summed E-state index contributed by atoms with van der Waals surface area (Å²) in [6, 6.07) is -0.343. The second-order valence-corrected chi connectivity index (χ2v) is 8.18. The minimum atomic E-state index is -2.97. The minimum absolute atomic E-state index is 0.1000. The summed E-state index contributed by atoms with van der Waals surface area (Å²) in [6.07, 6.45) is -0.363. The second kappa shape index (κ2) is 4.38. The molecule has 104 valence electrons. The van der Waals surface area contributed by atoms with E-state index in [0.717, 1.165) is 0 Å². The van der Waals surface area contributed by atoms with Crippen molar-refractivity contribution in [3.8, 4) is 0 Å². The Morgan fingerprint density at radius 2 is 1.72 bits per heavy atom. The van der Waals surface area contributed by atoms with Gasteiger partial charge in [-0.05, 0) is 20.8 Å². The van der Waals surface area contributed by atoms with Crippen LogP contribution in [0.5, 0.6) is 0 Å². The van der Waals surface area contributed by atoms with Crippen molar-refractivity contribution >= 4 is 15.9 Å². The van der Waals surface area contributed by atoms with Crippen molar-refractivity contribution < 1.29 is 17.9 Å². The predicted octanol–water partition coefficient (Wildman–Crippen LogP) is -0.00770. The van der Waals surface area contributed by atoms with Crippen LogP contribution in [0.1, 0.15) is 20.8 Å². The number of amides is 1. The Bertz CT molecular complexity index is 420. The fourth-order valence-electron chi connectivity index (χ4n) is 2.40. The van der Waals surface area contributed by atoms with E-state index < -0.39 is 15.4 Å². The van der Waals surface area contributed by atoms with Crippen molar-refractivity contribution in [2.45, 2.75) is 38.5 Å². The smallest absolute Gasteiger partial charge is 0.410 e. The zero-order chi connectivity index (χ0) is 13.6. The molecule has 2 rings (SSSR count). The molecule has 2 atom stereocenters. The fraction of sp³-hybridized carbons (Fsp3) is 0.909. The van der Waals surface area contributed by atoms with Gasteiger partial charge in [0.25, 0.3) is 0 Å². The molecule has 2 fully saturated rings. The van der Waals surface area contributed by atoms with E-state index in [1.807, 2.05) is 20.8 Å². The first kappa shape index (κ1) is 13.6. The fourth-order valence-corrected chi connectivity index (χ4v) is 4.17. The lowest BCUT2D eigenvalue weighted by Crippen LogP contribution is -2.65. The molecular weight excluding hydrogens is 256 g/mol. The normalized spacial score (nSPS) is 30.9. The number of hydrogen-bond donors (Lipinski definition) is 1. The van der Waals surface area contributed by atoms with Gasteiger partial charge in [-0.25, -0.2) is 13.2 Å². The molecule has 0 aromatic rings. The number of sulfone groups is 1. The van der Waals surface area contributed by atoms with Gasteiger partial charge in [-0.3, -0.25) is 0 Å². The summed E-state index contributed by atoms with van der Waals surface area (Å²) in [4.78, 5) is 13.5. The lowest BCUT2D eigenvalue weighted by atomic mass is 10.1. The van der Waals surface area contributed by atoms with Crippen LogP contribution in [-0.4, -0.2) is 61.7 Å². The first-order valence-corrected chi connectivity index (χ1v) is 7.91. The van der Waals surface area contributed by atoms with Crippen LogP contribution in [0.15, 0.2) is 0 Å². The van der Waals surface area contributed by atoms with Gasteiger partial charge in [0.2, 0.25) is 0 Å². The van der Waals surface area contributed by atoms with Gasteiger partial charge in [-0.1, -0.05) is 0 Å². The number of carbonyl (C=O) groups is 1. The number of hydrogen-bond acceptors (Lipinski definition) is 5. The van der Waals surface area contributed by atoms with Crippen molar-refractivity contribution in [3.05, 3.63) is 0 Å². The lowest BCUT2D eigenvalue weighted by Gasteiger charge is -2.42. The molecule has 0 spiro atoms.